The Morgan fingerprint density at radius 3 is 1.00 bits per heavy atom. The van der Waals surface area contributed by atoms with Crippen LogP contribution in [0, 0.1) is 5.41 Å². The largest absolute Gasteiger partial charge is 0.518 e. The van der Waals surface area contributed by atoms with E-state index in [2.05, 4.69) is 4.40 Å². The molecule has 0 aliphatic carbocycles. The quantitative estimate of drug-likeness (QED) is 0.199. The van der Waals surface area contributed by atoms with E-state index in [0.717, 1.165) is 0 Å². The van der Waals surface area contributed by atoms with Crippen LogP contribution in [0.25, 0.3) is 0 Å². The summed E-state index contributed by atoms with van der Waals surface area (Å²) in [6, 6.07) is 0. The summed E-state index contributed by atoms with van der Waals surface area (Å²) in [7, 11) is -5.90. The van der Waals surface area contributed by atoms with Crippen LogP contribution in [0.3, 0.4) is 0 Å². The first-order chi connectivity index (χ1) is 18.7. The van der Waals surface area contributed by atoms with Crippen LogP contribution in [-0.4, -0.2) is 71.6 Å². The lowest BCUT2D eigenvalue weighted by Crippen LogP contribution is -2.29. The van der Waals surface area contributed by atoms with Crippen LogP contribution in [0.1, 0.15) is 109 Å². The summed E-state index contributed by atoms with van der Waals surface area (Å²) >= 11 is 0. The molecular formula is C27H45F3N2O10S. The molecule has 0 atom stereocenters. The minimum Gasteiger partial charge on any atom is -0.460 e. The highest BCUT2D eigenvalue weighted by Crippen LogP contribution is 2.25. The minimum atomic E-state index is -5.90. The molecule has 12 nitrogen and oxygen atoms in total. The van der Waals surface area contributed by atoms with Gasteiger partial charge in [0.2, 0.25) is 0 Å². The van der Waals surface area contributed by atoms with Crippen molar-refractivity contribution < 1.29 is 59.7 Å². The molecule has 0 bridgehead atoms. The van der Waals surface area contributed by atoms with Crippen LogP contribution in [0.4, 0.5) is 13.2 Å². The zero-order chi connectivity index (χ0) is 34.8. The van der Waals surface area contributed by atoms with Crippen LogP contribution in [0.2, 0.25) is 0 Å². The molecule has 0 rings (SSSR count). The van der Waals surface area contributed by atoms with Gasteiger partial charge in [0.05, 0.1) is 31.4 Å². The lowest BCUT2D eigenvalue weighted by atomic mass is 10.1. The Hall–Kier alpha value is -3.04. The van der Waals surface area contributed by atoms with E-state index in [1.54, 1.807) is 41.5 Å². The maximum atomic E-state index is 12.5. The molecule has 16 heteroatoms. The second-order valence-electron chi connectivity index (χ2n) is 13.2. The molecule has 0 aromatic carbocycles. The molecule has 1 N–H and O–H groups in total. The number of esters is 4. The summed E-state index contributed by atoms with van der Waals surface area (Å²) in [4.78, 5) is 46.3. The van der Waals surface area contributed by atoms with E-state index < -0.39 is 80.4 Å². The van der Waals surface area contributed by atoms with E-state index in [0.29, 0.717) is 0 Å². The average molecular weight is 647 g/mol. The molecule has 0 fully saturated rings. The Bertz CT molecular complexity index is 1090. The average Bonchev–Trinajstić information content (AvgIpc) is 2.59. The van der Waals surface area contributed by atoms with Gasteiger partial charge in [0.1, 0.15) is 22.4 Å². The highest BCUT2D eigenvalue weighted by molar-refractivity contribution is 7.91. The number of carbonyl (C=O) groups is 4. The Morgan fingerprint density at radius 1 is 0.558 bits per heavy atom. The number of rotatable bonds is 9. The van der Waals surface area contributed by atoms with E-state index in [-0.39, 0.29) is 18.6 Å². The Labute approximate surface area is 251 Å². The Kier molecular flexibility index (Phi) is 15.3. The van der Waals surface area contributed by atoms with Gasteiger partial charge >= 0.3 is 39.4 Å². The zero-order valence-corrected chi connectivity index (χ0v) is 27.7. The highest BCUT2D eigenvalue weighted by atomic mass is 32.2. The first kappa shape index (κ1) is 42.1. The topological polar surface area (TPSA) is 176 Å². The zero-order valence-electron chi connectivity index (χ0n) is 26.9. The normalized spacial score (nSPS) is 12.6. The molecule has 250 valence electrons. The highest BCUT2D eigenvalue weighted by Gasteiger charge is 2.46. The van der Waals surface area contributed by atoms with Crippen molar-refractivity contribution in [2.24, 2.45) is 4.40 Å². The molecule has 0 spiro atoms. The SMILES string of the molecule is CC(C)(C)OC(=O)CC(=N)CC(=O)OC(C)(C)C.CC(C)(C)OC(=O)CC(CC(=O)OC(C)(C)C)=NS(=O)(=O)C(F)(F)F. The number of hydrogen-bond donors (Lipinski definition) is 1. The standard InChI is InChI=1S/C14H22F3NO6S.C13H23NO4/c1-12(2,3)23-10(19)7-9(8-11(20)24-13(4,5)6)18-25(21,22)14(15,16)17;1-12(2,3)17-10(15)7-9(14)8-11(16)18-13(4,5)6/h7-8H2,1-6H3;14H,7-8H2,1-6H3. The summed E-state index contributed by atoms with van der Waals surface area (Å²) in [6.45, 7) is 19.6. The molecule has 0 aliphatic rings. The molecule has 0 aromatic rings. The van der Waals surface area contributed by atoms with Crippen LogP contribution in [0.15, 0.2) is 4.40 Å². The van der Waals surface area contributed by atoms with E-state index in [1.165, 1.54) is 41.5 Å². The van der Waals surface area contributed by atoms with Crippen LogP contribution in [0.5, 0.6) is 0 Å². The number of halogens is 3. The number of nitrogens with zero attached hydrogens (tertiary/aromatic N) is 1. The van der Waals surface area contributed by atoms with Gasteiger partial charge in [-0.3, -0.25) is 19.2 Å². The summed E-state index contributed by atoms with van der Waals surface area (Å²) in [5.41, 5.74) is -9.53. The van der Waals surface area contributed by atoms with Crippen molar-refractivity contribution in [3.05, 3.63) is 0 Å². The molecule has 0 amide bonds. The van der Waals surface area contributed by atoms with Crippen molar-refractivity contribution in [1.29, 1.82) is 5.41 Å². The third-order valence-electron chi connectivity index (χ3n) is 3.63. The molecule has 0 saturated heterocycles. The van der Waals surface area contributed by atoms with Gasteiger partial charge in [0.25, 0.3) is 0 Å². The van der Waals surface area contributed by atoms with Gasteiger partial charge in [0.15, 0.2) is 0 Å². The van der Waals surface area contributed by atoms with Gasteiger partial charge in [0, 0.05) is 5.71 Å². The second kappa shape index (κ2) is 15.6. The Morgan fingerprint density at radius 2 is 0.791 bits per heavy atom. The fourth-order valence-electron chi connectivity index (χ4n) is 2.60. The number of sulfonamides is 1. The van der Waals surface area contributed by atoms with Crippen LogP contribution >= 0.6 is 0 Å². The molecule has 0 aliphatic heterocycles. The predicted octanol–water partition coefficient (Wildman–Crippen LogP) is 5.21. The molecular weight excluding hydrogens is 601 g/mol. The predicted molar refractivity (Wildman–Crippen MR) is 152 cm³/mol. The van der Waals surface area contributed by atoms with E-state index in [1.807, 2.05) is 0 Å². The summed E-state index contributed by atoms with van der Waals surface area (Å²) < 4.78 is 82.3. The molecule has 0 unspecified atom stereocenters. The number of alkyl halides is 3. The fourth-order valence-corrected chi connectivity index (χ4v) is 3.18. The van der Waals surface area contributed by atoms with Gasteiger partial charge in [-0.2, -0.15) is 26.0 Å². The maximum Gasteiger partial charge on any atom is 0.518 e. The lowest BCUT2D eigenvalue weighted by Gasteiger charge is -2.21. The van der Waals surface area contributed by atoms with Gasteiger partial charge in [-0.25, -0.2) is 0 Å². The first-order valence-corrected chi connectivity index (χ1v) is 14.5. The molecule has 43 heavy (non-hydrogen) atoms. The first-order valence-electron chi connectivity index (χ1n) is 13.0. The number of carbonyl (C=O) groups excluding carboxylic acids is 4. The minimum absolute atomic E-state index is 0.00139. The van der Waals surface area contributed by atoms with Crippen molar-refractivity contribution in [3.63, 3.8) is 0 Å². The van der Waals surface area contributed by atoms with E-state index >= 15 is 0 Å². The van der Waals surface area contributed by atoms with Crippen molar-refractivity contribution in [2.75, 3.05) is 0 Å². The van der Waals surface area contributed by atoms with Gasteiger partial charge in [-0.15, -0.1) is 0 Å². The van der Waals surface area contributed by atoms with Crippen LogP contribution < -0.4 is 0 Å². The van der Waals surface area contributed by atoms with Gasteiger partial charge in [-0.1, -0.05) is 0 Å². The lowest BCUT2D eigenvalue weighted by molar-refractivity contribution is -0.155. The third kappa shape index (κ3) is 24.1. The van der Waals surface area contributed by atoms with Crippen LogP contribution in [-0.2, 0) is 48.1 Å². The molecule has 0 heterocycles. The van der Waals surface area contributed by atoms with E-state index in [9.17, 15) is 40.8 Å². The van der Waals surface area contributed by atoms with Crippen molar-refractivity contribution in [1.82, 2.24) is 0 Å². The third-order valence-corrected chi connectivity index (χ3v) is 4.72. The molecule has 0 saturated carbocycles. The second-order valence-corrected chi connectivity index (χ2v) is 14.8. The monoisotopic (exact) mass is 646 g/mol. The van der Waals surface area contributed by atoms with Crippen molar-refractivity contribution in [2.45, 2.75) is 137 Å². The fraction of sp³-hybridized carbons (Fsp3) is 0.778. The summed E-state index contributed by atoms with van der Waals surface area (Å²) in [6.07, 6.45) is -2.16. The van der Waals surface area contributed by atoms with Gasteiger partial charge in [-0.05, 0) is 83.1 Å². The van der Waals surface area contributed by atoms with E-state index in [4.69, 9.17) is 24.4 Å². The number of nitrogens with one attached hydrogen (secondary N) is 1. The van der Waals surface area contributed by atoms with Crippen molar-refractivity contribution in [3.8, 4) is 0 Å². The number of hydrogen-bond acceptors (Lipinski definition) is 11. The Balaban J connectivity index is 0. The number of ether oxygens (including phenoxy) is 4. The smallest absolute Gasteiger partial charge is 0.460 e. The summed E-state index contributed by atoms with van der Waals surface area (Å²) in [5.74, 6) is -3.05. The summed E-state index contributed by atoms with van der Waals surface area (Å²) in [5, 5.41) is 7.56. The van der Waals surface area contributed by atoms with Gasteiger partial charge < -0.3 is 24.4 Å². The molecule has 0 aromatic heterocycles. The molecule has 0 radical (unpaired) electrons. The van der Waals surface area contributed by atoms with Crippen molar-refractivity contribution >= 4 is 45.3 Å². The maximum absolute atomic E-state index is 12.5.